The highest BCUT2D eigenvalue weighted by molar-refractivity contribution is 7.22. The van der Waals surface area contributed by atoms with Crippen molar-refractivity contribution in [3.63, 3.8) is 0 Å². The molecule has 0 atom stereocenters. The fraction of sp³-hybridized carbons (Fsp3) is 0.179. The summed E-state index contributed by atoms with van der Waals surface area (Å²) in [5.74, 6) is 2.35. The maximum atomic E-state index is 5.99. The first-order valence-electron chi connectivity index (χ1n) is 11.6. The van der Waals surface area contributed by atoms with Crippen molar-refractivity contribution in [2.24, 2.45) is 0 Å². The van der Waals surface area contributed by atoms with Crippen LogP contribution in [0.3, 0.4) is 0 Å². The second-order valence-electron chi connectivity index (χ2n) is 8.58. The van der Waals surface area contributed by atoms with E-state index in [4.69, 9.17) is 10.5 Å². The van der Waals surface area contributed by atoms with E-state index in [2.05, 4.69) is 39.2 Å². The Kier molecular flexibility index (Phi) is 6.59. The minimum absolute atomic E-state index is 0.553. The van der Waals surface area contributed by atoms with Crippen LogP contribution >= 0.6 is 11.3 Å². The summed E-state index contributed by atoms with van der Waals surface area (Å²) in [6, 6.07) is 22.2. The lowest BCUT2D eigenvalue weighted by molar-refractivity contribution is 0.483. The molecule has 0 radical (unpaired) electrons. The topological polar surface area (TPSA) is 77.2 Å². The Balaban J connectivity index is 0.000000234. The van der Waals surface area contributed by atoms with Crippen LogP contribution in [0.1, 0.15) is 17.5 Å². The lowest BCUT2D eigenvalue weighted by atomic mass is 10.1. The van der Waals surface area contributed by atoms with Crippen molar-refractivity contribution >= 4 is 32.5 Å². The molecule has 0 bridgehead atoms. The summed E-state index contributed by atoms with van der Waals surface area (Å²) < 4.78 is 6.99. The number of anilines is 2. The molecule has 0 unspecified atom stereocenters. The molecule has 5 aromatic rings. The number of nitrogen functional groups attached to an aromatic ring is 1. The maximum absolute atomic E-state index is 5.99. The third-order valence-electron chi connectivity index (χ3n) is 5.86. The average Bonchev–Trinajstić information content (AvgIpc) is 3.50. The molecule has 7 heteroatoms. The first kappa shape index (κ1) is 22.8. The monoisotopic (exact) mass is 481 g/mol. The molecule has 1 aliphatic carbocycles. The molecule has 2 N–H and O–H groups in total. The maximum Gasteiger partial charge on any atom is 0.181 e. The van der Waals surface area contributed by atoms with Crippen LogP contribution in [0.2, 0.25) is 0 Å². The number of thiazole rings is 1. The Morgan fingerprint density at radius 1 is 0.886 bits per heavy atom. The lowest BCUT2D eigenvalue weighted by Gasteiger charge is -2.11. The van der Waals surface area contributed by atoms with Crippen molar-refractivity contribution in [3.8, 4) is 22.8 Å². The summed E-state index contributed by atoms with van der Waals surface area (Å²) in [5, 5.41) is 0.553. The van der Waals surface area contributed by atoms with E-state index in [1.807, 2.05) is 67.7 Å². The van der Waals surface area contributed by atoms with Crippen molar-refractivity contribution in [1.29, 1.82) is 0 Å². The fourth-order valence-corrected chi connectivity index (χ4v) is 4.83. The van der Waals surface area contributed by atoms with E-state index < -0.39 is 0 Å². The highest BCUT2D eigenvalue weighted by atomic mass is 32.1. The summed E-state index contributed by atoms with van der Waals surface area (Å²) >= 11 is 1.44. The van der Waals surface area contributed by atoms with Gasteiger partial charge < -0.3 is 15.4 Å². The first-order chi connectivity index (χ1) is 17.0. The SMILES string of the molecule is CN(C)c1ccc(-c2cc(Oc3ccc4nc(N)sc4c3)ccn2)cn1.c1ccc2c(c1)CCC2. The van der Waals surface area contributed by atoms with Gasteiger partial charge in [0.25, 0.3) is 0 Å². The molecule has 3 heterocycles. The molecule has 176 valence electrons. The Hall–Kier alpha value is -3.97. The van der Waals surface area contributed by atoms with E-state index in [0.717, 1.165) is 33.0 Å². The Labute approximate surface area is 209 Å². The molecule has 0 fully saturated rings. The molecule has 0 amide bonds. The number of benzene rings is 2. The minimum Gasteiger partial charge on any atom is -0.457 e. The standard InChI is InChI=1S/C19H17N5OS.C9H10/c1-24(2)18-6-3-12(11-22-18)16-9-14(7-8-21-16)25-13-4-5-15-17(10-13)26-19(20)23-15;1-2-5-9-7-3-6-8(9)4-1/h3-11H,1-2H3,(H2,20,23);1-2,4-5H,3,6-7H2. The Morgan fingerprint density at radius 2 is 1.66 bits per heavy atom. The van der Waals surface area contributed by atoms with Crippen LogP contribution in [0.15, 0.2) is 79.1 Å². The van der Waals surface area contributed by atoms with E-state index in [0.29, 0.717) is 10.9 Å². The van der Waals surface area contributed by atoms with Crippen LogP contribution in [-0.4, -0.2) is 29.0 Å². The van der Waals surface area contributed by atoms with Gasteiger partial charge in [-0.15, -0.1) is 0 Å². The molecular formula is C28H27N5OS. The number of nitrogens with two attached hydrogens (primary N) is 1. The fourth-order valence-electron chi connectivity index (χ4n) is 4.07. The molecule has 0 saturated carbocycles. The third-order valence-corrected chi connectivity index (χ3v) is 6.70. The zero-order valence-electron chi connectivity index (χ0n) is 19.8. The second kappa shape index (κ2) is 10.1. The van der Waals surface area contributed by atoms with Crippen molar-refractivity contribution in [3.05, 3.63) is 90.3 Å². The number of hydrogen-bond donors (Lipinski definition) is 1. The van der Waals surface area contributed by atoms with Crippen LogP contribution in [0.4, 0.5) is 10.9 Å². The summed E-state index contributed by atoms with van der Waals surface area (Å²) in [4.78, 5) is 15.1. The first-order valence-corrected chi connectivity index (χ1v) is 12.4. The number of aryl methyl sites for hydroxylation is 2. The molecule has 0 saturated heterocycles. The molecule has 1 aliphatic rings. The molecule has 0 spiro atoms. The molecular weight excluding hydrogens is 454 g/mol. The Bertz CT molecular complexity index is 1420. The average molecular weight is 482 g/mol. The van der Waals surface area contributed by atoms with Crippen LogP contribution in [0.5, 0.6) is 11.5 Å². The molecule has 35 heavy (non-hydrogen) atoms. The van der Waals surface area contributed by atoms with Gasteiger partial charge in [0.15, 0.2) is 5.13 Å². The zero-order valence-corrected chi connectivity index (χ0v) is 20.6. The number of nitrogens with zero attached hydrogens (tertiary/aromatic N) is 4. The molecule has 6 rings (SSSR count). The normalized spacial score (nSPS) is 12.1. The highest BCUT2D eigenvalue weighted by Crippen LogP contribution is 2.31. The van der Waals surface area contributed by atoms with Crippen LogP contribution in [-0.2, 0) is 12.8 Å². The van der Waals surface area contributed by atoms with Crippen molar-refractivity contribution in [2.45, 2.75) is 19.3 Å². The van der Waals surface area contributed by atoms with Gasteiger partial charge >= 0.3 is 0 Å². The van der Waals surface area contributed by atoms with Gasteiger partial charge in [0, 0.05) is 44.2 Å². The second-order valence-corrected chi connectivity index (χ2v) is 9.64. The predicted molar refractivity (Wildman–Crippen MR) is 144 cm³/mol. The predicted octanol–water partition coefficient (Wildman–Crippen LogP) is 6.37. The van der Waals surface area contributed by atoms with Crippen molar-refractivity contribution in [1.82, 2.24) is 15.0 Å². The smallest absolute Gasteiger partial charge is 0.181 e. The van der Waals surface area contributed by atoms with Gasteiger partial charge in [-0.1, -0.05) is 35.6 Å². The van der Waals surface area contributed by atoms with Crippen molar-refractivity contribution in [2.75, 3.05) is 24.7 Å². The summed E-state index contributed by atoms with van der Waals surface area (Å²) in [7, 11) is 3.92. The van der Waals surface area contributed by atoms with Gasteiger partial charge in [0.2, 0.25) is 0 Å². The largest absolute Gasteiger partial charge is 0.457 e. The minimum atomic E-state index is 0.553. The quantitative estimate of drug-likeness (QED) is 0.321. The zero-order chi connectivity index (χ0) is 24.2. The number of pyridine rings is 2. The van der Waals surface area contributed by atoms with Gasteiger partial charge in [0.1, 0.15) is 17.3 Å². The summed E-state index contributed by atoms with van der Waals surface area (Å²) in [5.41, 5.74) is 11.5. The van der Waals surface area contributed by atoms with E-state index in [1.165, 1.54) is 30.6 Å². The van der Waals surface area contributed by atoms with Gasteiger partial charge in [0.05, 0.1) is 15.9 Å². The third kappa shape index (κ3) is 5.41. The van der Waals surface area contributed by atoms with Crippen LogP contribution < -0.4 is 15.4 Å². The molecule has 6 nitrogen and oxygen atoms in total. The van der Waals surface area contributed by atoms with Crippen molar-refractivity contribution < 1.29 is 4.74 Å². The van der Waals surface area contributed by atoms with Gasteiger partial charge in [-0.25, -0.2) is 9.97 Å². The molecule has 2 aromatic carbocycles. The number of fused-ring (bicyclic) bond motifs is 2. The van der Waals surface area contributed by atoms with Gasteiger partial charge in [-0.05, 0) is 60.7 Å². The van der Waals surface area contributed by atoms with E-state index >= 15 is 0 Å². The number of hydrogen-bond acceptors (Lipinski definition) is 7. The molecule has 3 aromatic heterocycles. The van der Waals surface area contributed by atoms with Gasteiger partial charge in [-0.3, -0.25) is 4.98 Å². The summed E-state index contributed by atoms with van der Waals surface area (Å²) in [6.45, 7) is 0. The number of ether oxygens (including phenoxy) is 1. The number of rotatable bonds is 4. The highest BCUT2D eigenvalue weighted by Gasteiger charge is 2.08. The lowest BCUT2D eigenvalue weighted by Crippen LogP contribution is -2.10. The van der Waals surface area contributed by atoms with E-state index in [1.54, 1.807) is 17.3 Å². The van der Waals surface area contributed by atoms with E-state index in [9.17, 15) is 0 Å². The van der Waals surface area contributed by atoms with Crippen LogP contribution in [0, 0.1) is 0 Å². The summed E-state index contributed by atoms with van der Waals surface area (Å²) in [6.07, 6.45) is 7.51. The van der Waals surface area contributed by atoms with Crippen LogP contribution in [0.25, 0.3) is 21.5 Å². The number of aromatic nitrogens is 3. The molecule has 0 aliphatic heterocycles. The van der Waals surface area contributed by atoms with E-state index in [-0.39, 0.29) is 0 Å². The Morgan fingerprint density at radius 3 is 2.37 bits per heavy atom. The van der Waals surface area contributed by atoms with Gasteiger partial charge in [-0.2, -0.15) is 0 Å².